The van der Waals surface area contributed by atoms with E-state index >= 15 is 0 Å². The highest BCUT2D eigenvalue weighted by Crippen LogP contribution is 2.36. The molecule has 0 aliphatic carbocycles. The van der Waals surface area contributed by atoms with Gasteiger partial charge in [-0.3, -0.25) is 0 Å². The summed E-state index contributed by atoms with van der Waals surface area (Å²) >= 11 is 6.10. The van der Waals surface area contributed by atoms with Gasteiger partial charge >= 0.3 is 0 Å². The van der Waals surface area contributed by atoms with E-state index in [0.29, 0.717) is 11.6 Å². The predicted octanol–water partition coefficient (Wildman–Crippen LogP) is 5.71. The van der Waals surface area contributed by atoms with Crippen molar-refractivity contribution in [2.45, 2.75) is 58.3 Å². The number of phenols is 1. The molecule has 6 nitrogen and oxygen atoms in total. The van der Waals surface area contributed by atoms with Gasteiger partial charge in [-0.25, -0.2) is 0 Å². The molecule has 0 saturated heterocycles. The summed E-state index contributed by atoms with van der Waals surface area (Å²) in [6, 6.07) is 11.2. The normalized spacial score (nSPS) is 11.6. The highest BCUT2D eigenvalue weighted by atomic mass is 35.5. The van der Waals surface area contributed by atoms with Crippen molar-refractivity contribution in [2.75, 3.05) is 6.61 Å². The van der Waals surface area contributed by atoms with E-state index in [1.165, 1.54) is 0 Å². The molecule has 1 heterocycles. The van der Waals surface area contributed by atoms with Crippen LogP contribution in [0, 0.1) is 0 Å². The highest BCUT2D eigenvalue weighted by molar-refractivity contribution is 6.30. The van der Waals surface area contributed by atoms with Crippen molar-refractivity contribution in [2.24, 2.45) is 0 Å². The minimum atomic E-state index is -0.0921. The van der Waals surface area contributed by atoms with Gasteiger partial charge in [0.15, 0.2) is 5.82 Å². The zero-order valence-electron chi connectivity index (χ0n) is 17.8. The van der Waals surface area contributed by atoms with E-state index in [2.05, 4.69) is 41.4 Å². The molecule has 0 amide bonds. The molecule has 3 rings (SSSR count). The second-order valence-corrected chi connectivity index (χ2v) is 8.56. The lowest BCUT2D eigenvalue weighted by Gasteiger charge is -2.20. The molecule has 160 valence electrons. The number of aromatic hydroxyl groups is 1. The van der Waals surface area contributed by atoms with Crippen molar-refractivity contribution < 1.29 is 9.84 Å². The van der Waals surface area contributed by atoms with Crippen LogP contribution in [0.2, 0.25) is 5.02 Å². The van der Waals surface area contributed by atoms with Gasteiger partial charge in [0, 0.05) is 22.1 Å². The Bertz CT molecular complexity index is 958. The van der Waals surface area contributed by atoms with Crippen molar-refractivity contribution >= 4 is 11.6 Å². The van der Waals surface area contributed by atoms with E-state index in [9.17, 15) is 5.11 Å². The fraction of sp³-hybridized carbons (Fsp3) is 0.435. The number of nitrogens with zero attached hydrogens (tertiary/aromatic N) is 3. The molecule has 30 heavy (non-hydrogen) atoms. The van der Waals surface area contributed by atoms with Gasteiger partial charge in [-0.15, -0.1) is 10.2 Å². The number of unbranched alkanes of at least 4 members (excludes halogenated alkanes) is 2. The van der Waals surface area contributed by atoms with E-state index in [1.807, 2.05) is 30.3 Å². The van der Waals surface area contributed by atoms with E-state index < -0.39 is 0 Å². The van der Waals surface area contributed by atoms with Crippen molar-refractivity contribution in [3.05, 3.63) is 52.8 Å². The summed E-state index contributed by atoms with van der Waals surface area (Å²) in [4.78, 5) is 0. The molecule has 0 aliphatic rings. The van der Waals surface area contributed by atoms with Crippen molar-refractivity contribution in [1.82, 2.24) is 20.6 Å². The number of aromatic nitrogens is 4. The summed E-state index contributed by atoms with van der Waals surface area (Å²) in [6.07, 6.45) is 4.87. The topological polar surface area (TPSA) is 83.9 Å². The summed E-state index contributed by atoms with van der Waals surface area (Å²) in [7, 11) is 0. The van der Waals surface area contributed by atoms with Crippen LogP contribution in [0.3, 0.4) is 0 Å². The first kappa shape index (κ1) is 22.1. The zero-order chi connectivity index (χ0) is 21.6. The number of benzene rings is 2. The molecule has 0 saturated carbocycles. The number of aromatic amines is 1. The second-order valence-electron chi connectivity index (χ2n) is 8.12. The van der Waals surface area contributed by atoms with Crippen LogP contribution in [0.5, 0.6) is 11.5 Å². The molecule has 0 spiro atoms. The van der Waals surface area contributed by atoms with Crippen LogP contribution in [-0.4, -0.2) is 32.3 Å². The zero-order valence-corrected chi connectivity index (χ0v) is 18.5. The Morgan fingerprint density at radius 1 is 1.13 bits per heavy atom. The van der Waals surface area contributed by atoms with Crippen LogP contribution in [0.25, 0.3) is 11.1 Å². The first-order chi connectivity index (χ1) is 14.4. The summed E-state index contributed by atoms with van der Waals surface area (Å²) in [5.41, 5.74) is 2.64. The van der Waals surface area contributed by atoms with Crippen molar-refractivity contribution in [3.8, 4) is 22.6 Å². The minimum absolute atomic E-state index is 0.0921. The van der Waals surface area contributed by atoms with Crippen molar-refractivity contribution in [1.29, 1.82) is 0 Å². The first-order valence-corrected chi connectivity index (χ1v) is 10.8. The van der Waals surface area contributed by atoms with Crippen LogP contribution in [0.1, 0.15) is 57.8 Å². The number of hydrogen-bond acceptors (Lipinski definition) is 5. The summed E-state index contributed by atoms with van der Waals surface area (Å²) in [5.74, 6) is 1.70. The maximum Gasteiger partial charge on any atom is 0.180 e. The number of tetrazole rings is 1. The largest absolute Gasteiger partial charge is 0.507 e. The number of halogens is 1. The van der Waals surface area contributed by atoms with Crippen LogP contribution >= 0.6 is 11.6 Å². The third kappa shape index (κ3) is 5.51. The average molecular weight is 429 g/mol. The van der Waals surface area contributed by atoms with Crippen LogP contribution in [-0.2, 0) is 11.8 Å². The minimum Gasteiger partial charge on any atom is -0.507 e. The molecule has 2 N–H and O–H groups in total. The number of hydrogen-bond donors (Lipinski definition) is 2. The molecule has 0 atom stereocenters. The Hall–Kier alpha value is -2.60. The number of aryl methyl sites for hydroxylation is 1. The molecule has 3 aromatic rings. The lowest BCUT2D eigenvalue weighted by atomic mass is 9.86. The molecule has 0 bridgehead atoms. The van der Waals surface area contributed by atoms with E-state index in [0.717, 1.165) is 60.4 Å². The van der Waals surface area contributed by atoms with Gasteiger partial charge in [0.05, 0.1) is 6.61 Å². The smallest absolute Gasteiger partial charge is 0.180 e. The fourth-order valence-electron chi connectivity index (χ4n) is 3.50. The Morgan fingerprint density at radius 3 is 2.67 bits per heavy atom. The SMILES string of the molecule is CCc1cc(-c2cccc(Cl)c2)c(O)cc1OCCCCCC(C)(C)c1nn[nH]n1. The van der Waals surface area contributed by atoms with E-state index in [4.69, 9.17) is 16.3 Å². The lowest BCUT2D eigenvalue weighted by Crippen LogP contribution is -2.19. The van der Waals surface area contributed by atoms with Crippen LogP contribution in [0.4, 0.5) is 0 Å². The van der Waals surface area contributed by atoms with E-state index in [1.54, 1.807) is 6.07 Å². The van der Waals surface area contributed by atoms with Gasteiger partial charge in [0.1, 0.15) is 11.5 Å². The lowest BCUT2D eigenvalue weighted by molar-refractivity contribution is 0.296. The molecule has 7 heteroatoms. The molecule has 2 aromatic carbocycles. The Balaban J connectivity index is 1.53. The van der Waals surface area contributed by atoms with Gasteiger partial charge < -0.3 is 9.84 Å². The third-order valence-electron chi connectivity index (χ3n) is 5.35. The average Bonchev–Trinajstić information content (AvgIpc) is 3.26. The molecule has 0 unspecified atom stereocenters. The van der Waals surface area contributed by atoms with Crippen molar-refractivity contribution in [3.63, 3.8) is 0 Å². The molecular weight excluding hydrogens is 400 g/mol. The van der Waals surface area contributed by atoms with Crippen LogP contribution in [0.15, 0.2) is 36.4 Å². The molecule has 0 aliphatic heterocycles. The standard InChI is InChI=1S/C23H29ClN4O2/c1-4-16-14-19(17-9-8-10-18(24)13-17)20(29)15-21(16)30-12-7-5-6-11-23(2,3)22-25-27-28-26-22/h8-10,13-15,29H,4-7,11-12H2,1-3H3,(H,25,26,27,28). The van der Waals surface area contributed by atoms with Gasteiger partial charge in [-0.2, -0.15) is 5.21 Å². The van der Waals surface area contributed by atoms with Gasteiger partial charge in [0.2, 0.25) is 0 Å². The molecular formula is C23H29ClN4O2. The first-order valence-electron chi connectivity index (χ1n) is 10.4. The number of H-pyrrole nitrogens is 1. The second kappa shape index (κ2) is 9.94. The Kier molecular flexibility index (Phi) is 7.32. The highest BCUT2D eigenvalue weighted by Gasteiger charge is 2.24. The predicted molar refractivity (Wildman–Crippen MR) is 119 cm³/mol. The summed E-state index contributed by atoms with van der Waals surface area (Å²) < 4.78 is 6.00. The van der Waals surface area contributed by atoms with Gasteiger partial charge in [-0.1, -0.05) is 62.6 Å². The monoisotopic (exact) mass is 428 g/mol. The number of ether oxygens (including phenoxy) is 1. The van der Waals surface area contributed by atoms with Gasteiger partial charge in [0.25, 0.3) is 0 Å². The van der Waals surface area contributed by atoms with Crippen LogP contribution < -0.4 is 4.74 Å². The maximum atomic E-state index is 10.5. The van der Waals surface area contributed by atoms with E-state index in [-0.39, 0.29) is 11.2 Å². The van der Waals surface area contributed by atoms with Gasteiger partial charge in [-0.05, 0) is 48.6 Å². The number of rotatable bonds is 10. The molecule has 0 radical (unpaired) electrons. The molecule has 1 aromatic heterocycles. The fourth-order valence-corrected chi connectivity index (χ4v) is 3.69. The molecule has 0 fully saturated rings. The number of phenolic OH excluding ortho intramolecular Hbond substituents is 1. The third-order valence-corrected chi connectivity index (χ3v) is 5.58. The quantitative estimate of drug-likeness (QED) is 0.404. The Morgan fingerprint density at radius 2 is 1.97 bits per heavy atom. The maximum absolute atomic E-state index is 10.5. The summed E-state index contributed by atoms with van der Waals surface area (Å²) in [5, 5.41) is 25.6. The Labute approximate surface area is 182 Å². The summed E-state index contributed by atoms with van der Waals surface area (Å²) in [6.45, 7) is 6.96. The number of nitrogens with one attached hydrogen (secondary N) is 1.